The molecule has 0 amide bonds. The third-order valence-corrected chi connectivity index (χ3v) is 3.24. The van der Waals surface area contributed by atoms with Gasteiger partial charge in [0.25, 0.3) is 0 Å². The first-order chi connectivity index (χ1) is 9.28. The summed E-state index contributed by atoms with van der Waals surface area (Å²) in [6, 6.07) is 10.3. The van der Waals surface area contributed by atoms with Gasteiger partial charge in [-0.25, -0.2) is 0 Å². The minimum absolute atomic E-state index is 0.500. The normalized spacial score (nSPS) is 12.5. The number of nitrogens with two attached hydrogens (primary N) is 1. The topological polar surface area (TPSA) is 64.9 Å². The van der Waals surface area contributed by atoms with Crippen molar-refractivity contribution in [3.63, 3.8) is 0 Å². The van der Waals surface area contributed by atoms with Crippen molar-refractivity contribution < 1.29 is 4.52 Å². The molecule has 0 radical (unpaired) electrons. The first-order valence-electron chi connectivity index (χ1n) is 6.83. The van der Waals surface area contributed by atoms with E-state index in [1.807, 2.05) is 18.2 Å². The fraction of sp³-hybridized carbons (Fsp3) is 0.467. The van der Waals surface area contributed by atoms with Crippen molar-refractivity contribution in [3.05, 3.63) is 47.6 Å². The van der Waals surface area contributed by atoms with E-state index in [9.17, 15) is 0 Å². The molecule has 2 rings (SSSR count). The van der Waals surface area contributed by atoms with Crippen LogP contribution in [0.1, 0.15) is 30.6 Å². The van der Waals surface area contributed by atoms with Gasteiger partial charge in [-0.1, -0.05) is 42.4 Å². The maximum absolute atomic E-state index is 5.59. The van der Waals surface area contributed by atoms with Crippen LogP contribution in [0, 0.1) is 5.92 Å². The van der Waals surface area contributed by atoms with Crippen LogP contribution in [0.4, 0.5) is 0 Å². The van der Waals surface area contributed by atoms with E-state index in [-0.39, 0.29) is 0 Å². The summed E-state index contributed by atoms with van der Waals surface area (Å²) in [7, 11) is 0. The maximum Gasteiger partial charge on any atom is 0.226 e. The van der Waals surface area contributed by atoms with Gasteiger partial charge in [0.05, 0.1) is 0 Å². The van der Waals surface area contributed by atoms with E-state index in [1.165, 1.54) is 5.56 Å². The summed E-state index contributed by atoms with van der Waals surface area (Å²) in [4.78, 5) is 4.41. The summed E-state index contributed by atoms with van der Waals surface area (Å²) in [6.45, 7) is 2.84. The third-order valence-electron chi connectivity index (χ3n) is 3.24. The number of benzene rings is 1. The minimum Gasteiger partial charge on any atom is -0.339 e. The average Bonchev–Trinajstić information content (AvgIpc) is 2.91. The Hall–Kier alpha value is -1.68. The Balaban J connectivity index is 1.81. The molecule has 0 aliphatic heterocycles. The Morgan fingerprint density at radius 2 is 1.95 bits per heavy atom. The fourth-order valence-electron chi connectivity index (χ4n) is 1.88. The summed E-state index contributed by atoms with van der Waals surface area (Å²) >= 11 is 0. The summed E-state index contributed by atoms with van der Waals surface area (Å²) in [5, 5.41) is 4.02. The predicted octanol–water partition coefficient (Wildman–Crippen LogP) is 2.38. The van der Waals surface area contributed by atoms with E-state index in [4.69, 9.17) is 10.3 Å². The summed E-state index contributed by atoms with van der Waals surface area (Å²) in [5.41, 5.74) is 6.88. The fourth-order valence-corrected chi connectivity index (χ4v) is 1.88. The van der Waals surface area contributed by atoms with Gasteiger partial charge in [0.1, 0.15) is 0 Å². The van der Waals surface area contributed by atoms with Crippen molar-refractivity contribution >= 4 is 0 Å². The first kappa shape index (κ1) is 13.7. The van der Waals surface area contributed by atoms with E-state index in [0.717, 1.165) is 37.4 Å². The highest BCUT2D eigenvalue weighted by Crippen LogP contribution is 2.09. The molecule has 1 aromatic carbocycles. The molecule has 0 saturated carbocycles. The third kappa shape index (κ3) is 4.48. The van der Waals surface area contributed by atoms with Crippen LogP contribution in [-0.4, -0.2) is 16.7 Å². The van der Waals surface area contributed by atoms with Crippen LogP contribution in [0.3, 0.4) is 0 Å². The van der Waals surface area contributed by atoms with Crippen molar-refractivity contribution in [2.24, 2.45) is 11.7 Å². The molecule has 102 valence electrons. The molecule has 1 atom stereocenters. The molecule has 1 unspecified atom stereocenters. The summed E-state index contributed by atoms with van der Waals surface area (Å²) in [6.07, 6.45) is 3.58. The Morgan fingerprint density at radius 1 is 1.16 bits per heavy atom. The SMILES string of the molecule is CC(CN)CCc1nc(CCc2ccccc2)no1. The quantitative estimate of drug-likeness (QED) is 0.829. The second-order valence-corrected chi connectivity index (χ2v) is 4.97. The average molecular weight is 259 g/mol. The molecule has 1 aromatic heterocycles. The molecule has 0 fully saturated rings. The van der Waals surface area contributed by atoms with Gasteiger partial charge in [-0.05, 0) is 30.9 Å². The van der Waals surface area contributed by atoms with Crippen molar-refractivity contribution in [2.45, 2.75) is 32.6 Å². The molecular formula is C15H21N3O. The molecule has 19 heavy (non-hydrogen) atoms. The lowest BCUT2D eigenvalue weighted by Gasteiger charge is -2.03. The molecule has 0 aliphatic rings. The molecule has 0 saturated heterocycles. The van der Waals surface area contributed by atoms with E-state index < -0.39 is 0 Å². The molecular weight excluding hydrogens is 238 g/mol. The number of rotatable bonds is 7. The van der Waals surface area contributed by atoms with Gasteiger partial charge in [0, 0.05) is 12.8 Å². The second kappa shape index (κ2) is 7.04. The van der Waals surface area contributed by atoms with Gasteiger partial charge in [0.15, 0.2) is 5.82 Å². The monoisotopic (exact) mass is 259 g/mol. The molecule has 0 bridgehead atoms. The molecule has 4 nitrogen and oxygen atoms in total. The highest BCUT2D eigenvalue weighted by atomic mass is 16.5. The number of aromatic nitrogens is 2. The van der Waals surface area contributed by atoms with Gasteiger partial charge in [-0.3, -0.25) is 0 Å². The van der Waals surface area contributed by atoms with Crippen LogP contribution in [-0.2, 0) is 19.3 Å². The van der Waals surface area contributed by atoms with Crippen LogP contribution in [0.25, 0.3) is 0 Å². The lowest BCUT2D eigenvalue weighted by molar-refractivity contribution is 0.361. The smallest absolute Gasteiger partial charge is 0.226 e. The number of hydrogen-bond acceptors (Lipinski definition) is 4. The Bertz CT molecular complexity index is 481. The Labute approximate surface area is 114 Å². The number of hydrogen-bond donors (Lipinski definition) is 1. The minimum atomic E-state index is 0.500. The van der Waals surface area contributed by atoms with Gasteiger partial charge in [-0.2, -0.15) is 4.98 Å². The number of nitrogens with zero attached hydrogens (tertiary/aromatic N) is 2. The van der Waals surface area contributed by atoms with Crippen molar-refractivity contribution in [1.29, 1.82) is 0 Å². The molecule has 2 aromatic rings. The van der Waals surface area contributed by atoms with Crippen LogP contribution in [0.15, 0.2) is 34.9 Å². The maximum atomic E-state index is 5.59. The van der Waals surface area contributed by atoms with Crippen LogP contribution >= 0.6 is 0 Å². The van der Waals surface area contributed by atoms with Gasteiger partial charge in [-0.15, -0.1) is 0 Å². The van der Waals surface area contributed by atoms with Gasteiger partial charge in [0.2, 0.25) is 5.89 Å². The van der Waals surface area contributed by atoms with E-state index in [0.29, 0.717) is 12.5 Å². The lowest BCUT2D eigenvalue weighted by Crippen LogP contribution is -2.11. The molecule has 1 heterocycles. The van der Waals surface area contributed by atoms with Crippen molar-refractivity contribution in [3.8, 4) is 0 Å². The zero-order valence-electron chi connectivity index (χ0n) is 11.4. The van der Waals surface area contributed by atoms with E-state index >= 15 is 0 Å². The predicted molar refractivity (Wildman–Crippen MR) is 74.7 cm³/mol. The molecule has 0 spiro atoms. The zero-order chi connectivity index (χ0) is 13.5. The summed E-state index contributed by atoms with van der Waals surface area (Å²) < 4.78 is 5.25. The van der Waals surface area contributed by atoms with Crippen LogP contribution in [0.2, 0.25) is 0 Å². The Kier molecular flexibility index (Phi) is 5.10. The van der Waals surface area contributed by atoms with E-state index in [1.54, 1.807) is 0 Å². The molecule has 0 aliphatic carbocycles. The molecule has 2 N–H and O–H groups in total. The van der Waals surface area contributed by atoms with Crippen LogP contribution < -0.4 is 5.73 Å². The van der Waals surface area contributed by atoms with Gasteiger partial charge >= 0.3 is 0 Å². The largest absolute Gasteiger partial charge is 0.339 e. The Morgan fingerprint density at radius 3 is 2.68 bits per heavy atom. The van der Waals surface area contributed by atoms with Crippen molar-refractivity contribution in [2.75, 3.05) is 6.54 Å². The number of aryl methyl sites for hydroxylation is 3. The van der Waals surface area contributed by atoms with Crippen LogP contribution in [0.5, 0.6) is 0 Å². The standard InChI is InChI=1S/C15H21N3O/c1-12(11-16)7-10-15-17-14(18-19-15)9-8-13-5-3-2-4-6-13/h2-6,12H,7-11,16H2,1H3. The highest BCUT2D eigenvalue weighted by Gasteiger charge is 2.08. The highest BCUT2D eigenvalue weighted by molar-refractivity contribution is 5.15. The van der Waals surface area contributed by atoms with E-state index in [2.05, 4.69) is 29.2 Å². The lowest BCUT2D eigenvalue weighted by atomic mass is 10.1. The van der Waals surface area contributed by atoms with Gasteiger partial charge < -0.3 is 10.3 Å². The zero-order valence-corrected chi connectivity index (χ0v) is 11.4. The van der Waals surface area contributed by atoms with Crippen molar-refractivity contribution in [1.82, 2.24) is 10.1 Å². The summed E-state index contributed by atoms with van der Waals surface area (Å²) in [5.74, 6) is 2.02. The second-order valence-electron chi connectivity index (χ2n) is 4.97. The molecule has 4 heteroatoms. The first-order valence-corrected chi connectivity index (χ1v) is 6.83.